The van der Waals surface area contributed by atoms with Crippen molar-refractivity contribution in [2.24, 2.45) is 0 Å². The molecule has 2 unspecified atom stereocenters. The molecule has 0 radical (unpaired) electrons. The van der Waals surface area contributed by atoms with Gasteiger partial charge in [-0.05, 0) is 49.8 Å². The third kappa shape index (κ3) is 3.28. The molecule has 0 bridgehead atoms. The van der Waals surface area contributed by atoms with Crippen LogP contribution in [0.15, 0.2) is 42.5 Å². The van der Waals surface area contributed by atoms with E-state index in [2.05, 4.69) is 66.8 Å². The molecule has 2 heteroatoms. The van der Waals surface area contributed by atoms with Crippen molar-refractivity contribution < 1.29 is 0 Å². The first-order valence-corrected chi connectivity index (χ1v) is 8.11. The maximum absolute atomic E-state index is 3.76. The first-order chi connectivity index (χ1) is 10.3. The highest BCUT2D eigenvalue weighted by atomic mass is 15.1. The number of rotatable bonds is 4. The quantitative estimate of drug-likeness (QED) is 0.921. The van der Waals surface area contributed by atoms with E-state index in [-0.39, 0.29) is 0 Å². The van der Waals surface area contributed by atoms with Crippen molar-refractivity contribution in [3.63, 3.8) is 0 Å². The molecule has 2 nitrogen and oxygen atoms in total. The Morgan fingerprint density at radius 1 is 1.10 bits per heavy atom. The van der Waals surface area contributed by atoms with E-state index in [0.717, 1.165) is 6.54 Å². The van der Waals surface area contributed by atoms with E-state index in [4.69, 9.17) is 0 Å². The lowest BCUT2D eigenvalue weighted by molar-refractivity contribution is 0.287. The Kier molecular flexibility index (Phi) is 4.57. The van der Waals surface area contributed by atoms with Crippen LogP contribution in [0.25, 0.3) is 10.8 Å². The molecule has 0 spiro atoms. The van der Waals surface area contributed by atoms with Crippen LogP contribution >= 0.6 is 0 Å². The first-order valence-electron chi connectivity index (χ1n) is 8.11. The zero-order valence-corrected chi connectivity index (χ0v) is 13.2. The Labute approximate surface area is 128 Å². The van der Waals surface area contributed by atoms with E-state index in [1.807, 2.05) is 0 Å². The fourth-order valence-corrected chi connectivity index (χ4v) is 3.63. The summed E-state index contributed by atoms with van der Waals surface area (Å²) in [6.45, 7) is 2.27. The normalized spacial score (nSPS) is 20.8. The van der Waals surface area contributed by atoms with E-state index < -0.39 is 0 Å². The van der Waals surface area contributed by atoms with Gasteiger partial charge in [0.05, 0.1) is 0 Å². The van der Waals surface area contributed by atoms with Crippen LogP contribution < -0.4 is 5.32 Å². The number of hydrogen-bond acceptors (Lipinski definition) is 2. The summed E-state index contributed by atoms with van der Waals surface area (Å²) in [6.07, 6.45) is 3.97. The van der Waals surface area contributed by atoms with Gasteiger partial charge in [0.25, 0.3) is 0 Å². The van der Waals surface area contributed by atoms with E-state index >= 15 is 0 Å². The highest BCUT2D eigenvalue weighted by Gasteiger charge is 2.26. The molecule has 2 aromatic rings. The van der Waals surface area contributed by atoms with E-state index in [1.165, 1.54) is 42.1 Å². The average Bonchev–Trinajstić information content (AvgIpc) is 2.53. The second kappa shape index (κ2) is 6.59. The summed E-state index contributed by atoms with van der Waals surface area (Å²) in [7, 11) is 4.36. The number of benzene rings is 2. The van der Waals surface area contributed by atoms with Crippen molar-refractivity contribution in [1.82, 2.24) is 10.2 Å². The fourth-order valence-electron chi connectivity index (χ4n) is 3.63. The molecule has 112 valence electrons. The second-order valence-corrected chi connectivity index (χ2v) is 6.49. The van der Waals surface area contributed by atoms with Crippen LogP contribution in [0, 0.1) is 0 Å². The fraction of sp³-hybridized carbons (Fsp3) is 0.474. The Hall–Kier alpha value is -1.38. The minimum Gasteiger partial charge on any atom is -0.313 e. The lowest BCUT2D eigenvalue weighted by Gasteiger charge is -2.34. The summed E-state index contributed by atoms with van der Waals surface area (Å²) in [5.41, 5.74) is 1.50. The summed E-state index contributed by atoms with van der Waals surface area (Å²) in [5.74, 6) is 0.561. The topological polar surface area (TPSA) is 15.3 Å². The van der Waals surface area contributed by atoms with Crippen LogP contribution in [-0.4, -0.2) is 38.1 Å². The molecule has 21 heavy (non-hydrogen) atoms. The van der Waals surface area contributed by atoms with Gasteiger partial charge in [0.1, 0.15) is 0 Å². The number of fused-ring (bicyclic) bond motifs is 1. The average molecular weight is 282 g/mol. The van der Waals surface area contributed by atoms with Gasteiger partial charge in [0.15, 0.2) is 0 Å². The van der Waals surface area contributed by atoms with Gasteiger partial charge in [0, 0.05) is 18.5 Å². The van der Waals surface area contributed by atoms with Gasteiger partial charge >= 0.3 is 0 Å². The largest absolute Gasteiger partial charge is 0.313 e. The smallest absolute Gasteiger partial charge is 0.0148 e. The zero-order valence-electron chi connectivity index (χ0n) is 13.2. The number of nitrogens with one attached hydrogen (secondary N) is 1. The van der Waals surface area contributed by atoms with Crippen molar-refractivity contribution >= 4 is 10.8 Å². The minimum atomic E-state index is 0.561. The molecule has 1 aliphatic rings. The molecule has 1 saturated heterocycles. The molecule has 3 rings (SSSR count). The van der Waals surface area contributed by atoms with Crippen LogP contribution in [0.2, 0.25) is 0 Å². The molecule has 0 aliphatic carbocycles. The van der Waals surface area contributed by atoms with Gasteiger partial charge in [0.2, 0.25) is 0 Å². The third-order valence-electron chi connectivity index (χ3n) is 4.62. The van der Waals surface area contributed by atoms with Crippen LogP contribution in [-0.2, 0) is 0 Å². The van der Waals surface area contributed by atoms with Crippen molar-refractivity contribution in [3.05, 3.63) is 48.0 Å². The lowest BCUT2D eigenvalue weighted by Crippen LogP contribution is -2.42. The molecular weight excluding hydrogens is 256 g/mol. The van der Waals surface area contributed by atoms with Crippen molar-refractivity contribution in [2.45, 2.75) is 31.2 Å². The van der Waals surface area contributed by atoms with Crippen LogP contribution in [0.5, 0.6) is 0 Å². The Balaban J connectivity index is 2.00. The molecule has 0 amide bonds. The molecule has 0 saturated carbocycles. The van der Waals surface area contributed by atoms with Crippen molar-refractivity contribution in [1.29, 1.82) is 0 Å². The van der Waals surface area contributed by atoms with Gasteiger partial charge in [-0.3, -0.25) is 0 Å². The van der Waals surface area contributed by atoms with Gasteiger partial charge in [-0.15, -0.1) is 0 Å². The molecule has 1 N–H and O–H groups in total. The summed E-state index contributed by atoms with van der Waals surface area (Å²) in [5, 5.41) is 6.53. The predicted molar refractivity (Wildman–Crippen MR) is 90.9 cm³/mol. The maximum atomic E-state index is 3.76. The van der Waals surface area contributed by atoms with E-state index in [9.17, 15) is 0 Å². The molecule has 1 heterocycles. The van der Waals surface area contributed by atoms with E-state index in [1.54, 1.807) is 0 Å². The molecule has 2 aromatic carbocycles. The minimum absolute atomic E-state index is 0.561. The summed E-state index contributed by atoms with van der Waals surface area (Å²) in [4.78, 5) is 2.32. The number of nitrogens with zero attached hydrogens (tertiary/aromatic N) is 1. The summed E-state index contributed by atoms with van der Waals surface area (Å²) >= 11 is 0. The zero-order chi connectivity index (χ0) is 14.7. The Morgan fingerprint density at radius 3 is 2.67 bits per heavy atom. The monoisotopic (exact) mass is 282 g/mol. The predicted octanol–water partition coefficient (Wildman–Crippen LogP) is 3.63. The number of hydrogen-bond donors (Lipinski definition) is 1. The summed E-state index contributed by atoms with van der Waals surface area (Å²) in [6, 6.07) is 16.1. The summed E-state index contributed by atoms with van der Waals surface area (Å²) < 4.78 is 0. The number of piperidine rings is 1. The highest BCUT2D eigenvalue weighted by Crippen LogP contribution is 2.31. The van der Waals surface area contributed by atoms with Gasteiger partial charge in [-0.1, -0.05) is 48.9 Å². The van der Waals surface area contributed by atoms with Crippen molar-refractivity contribution in [3.8, 4) is 0 Å². The molecule has 2 atom stereocenters. The standard InChI is InChI=1S/C19H26N2/c1-21(2)14-18(19-12-5-6-13-20-19)17-11-7-9-15-8-3-4-10-16(15)17/h3-4,7-11,18-20H,5-6,12-14H2,1-2H3. The highest BCUT2D eigenvalue weighted by molar-refractivity contribution is 5.86. The third-order valence-corrected chi connectivity index (χ3v) is 4.62. The van der Waals surface area contributed by atoms with Crippen LogP contribution in [0.4, 0.5) is 0 Å². The second-order valence-electron chi connectivity index (χ2n) is 6.49. The number of likely N-dealkylation sites (N-methyl/N-ethyl adjacent to an activating group) is 1. The van der Waals surface area contributed by atoms with Crippen molar-refractivity contribution in [2.75, 3.05) is 27.2 Å². The lowest BCUT2D eigenvalue weighted by atomic mass is 9.84. The van der Waals surface area contributed by atoms with Gasteiger partial charge < -0.3 is 10.2 Å². The van der Waals surface area contributed by atoms with Gasteiger partial charge in [-0.25, -0.2) is 0 Å². The SMILES string of the molecule is CN(C)CC(c1cccc2ccccc12)C1CCCCN1. The van der Waals surface area contributed by atoms with E-state index in [0.29, 0.717) is 12.0 Å². The Bertz CT molecular complexity index is 580. The maximum Gasteiger partial charge on any atom is 0.0148 e. The van der Waals surface area contributed by atoms with Gasteiger partial charge in [-0.2, -0.15) is 0 Å². The van der Waals surface area contributed by atoms with Crippen LogP contribution in [0.1, 0.15) is 30.7 Å². The Morgan fingerprint density at radius 2 is 1.90 bits per heavy atom. The molecule has 1 fully saturated rings. The molecule has 1 aliphatic heterocycles. The molecular formula is C19H26N2. The molecule has 0 aromatic heterocycles. The first kappa shape index (κ1) is 14.6. The van der Waals surface area contributed by atoms with Crippen LogP contribution in [0.3, 0.4) is 0 Å².